The maximum Gasteiger partial charge on any atom is 0.244 e. The van der Waals surface area contributed by atoms with Crippen molar-refractivity contribution < 1.29 is 13.2 Å². The molecule has 5 nitrogen and oxygen atoms in total. The van der Waals surface area contributed by atoms with Crippen molar-refractivity contribution in [2.24, 2.45) is 0 Å². The number of methoxy groups -OCH3 is 1. The van der Waals surface area contributed by atoms with E-state index >= 15 is 0 Å². The van der Waals surface area contributed by atoms with Gasteiger partial charge in [0, 0.05) is 13.7 Å². The lowest BCUT2D eigenvalue weighted by Gasteiger charge is -2.10. The van der Waals surface area contributed by atoms with Gasteiger partial charge in [0.1, 0.15) is 4.90 Å². The van der Waals surface area contributed by atoms with Crippen molar-refractivity contribution in [2.75, 3.05) is 26.0 Å². The first-order valence-corrected chi connectivity index (χ1v) is 6.37. The molecule has 90 valence electrons. The molecule has 0 aromatic heterocycles. The van der Waals surface area contributed by atoms with Crippen molar-refractivity contribution in [3.63, 3.8) is 0 Å². The van der Waals surface area contributed by atoms with E-state index in [-0.39, 0.29) is 28.8 Å². The normalized spacial score (nSPS) is 11.6. The van der Waals surface area contributed by atoms with Gasteiger partial charge in [0.15, 0.2) is 0 Å². The zero-order valence-corrected chi connectivity index (χ0v) is 10.3. The maximum atomic E-state index is 11.8. The lowest BCUT2D eigenvalue weighted by molar-refractivity contribution is 0.204. The lowest BCUT2D eigenvalue weighted by atomic mass is 10.3. The Balaban J connectivity index is 2.98. The molecule has 0 radical (unpaired) electrons. The monoisotopic (exact) mass is 264 g/mol. The first kappa shape index (κ1) is 13.2. The number of hydrogen-bond donors (Lipinski definition) is 2. The lowest BCUT2D eigenvalue weighted by Crippen LogP contribution is -2.28. The second kappa shape index (κ2) is 5.49. The van der Waals surface area contributed by atoms with Crippen LogP contribution in [-0.4, -0.2) is 28.7 Å². The minimum absolute atomic E-state index is 0.0900. The summed E-state index contributed by atoms with van der Waals surface area (Å²) in [7, 11) is -2.20. The van der Waals surface area contributed by atoms with E-state index in [0.29, 0.717) is 0 Å². The minimum atomic E-state index is -3.68. The number of ether oxygens (including phenoxy) is 1. The molecule has 0 saturated heterocycles. The van der Waals surface area contributed by atoms with Crippen LogP contribution in [0.15, 0.2) is 23.1 Å². The molecular weight excluding hydrogens is 252 g/mol. The third-order valence-corrected chi connectivity index (χ3v) is 3.87. The molecule has 1 aromatic rings. The van der Waals surface area contributed by atoms with Crippen LogP contribution in [0.4, 0.5) is 5.69 Å². The highest BCUT2D eigenvalue weighted by Crippen LogP contribution is 2.26. The predicted octanol–water partition coefficient (Wildman–Crippen LogP) is 0.847. The fraction of sp³-hybridized carbons (Fsp3) is 0.333. The number of nitrogens with two attached hydrogens (primary N) is 1. The van der Waals surface area contributed by atoms with Crippen LogP contribution in [0, 0.1) is 0 Å². The van der Waals surface area contributed by atoms with Crippen LogP contribution < -0.4 is 10.5 Å². The standard InChI is InChI=1S/C9H13ClN2O3S/c1-15-6-5-12-16(13,14)9-7(10)3-2-4-8(9)11/h2-4,12H,5-6,11H2,1H3. The van der Waals surface area contributed by atoms with Gasteiger partial charge in [-0.1, -0.05) is 17.7 Å². The van der Waals surface area contributed by atoms with Gasteiger partial charge in [-0.25, -0.2) is 13.1 Å². The molecule has 3 N–H and O–H groups in total. The third kappa shape index (κ3) is 3.08. The Bertz CT molecular complexity index is 442. The Morgan fingerprint density at radius 1 is 1.50 bits per heavy atom. The highest BCUT2D eigenvalue weighted by Gasteiger charge is 2.20. The van der Waals surface area contributed by atoms with Crippen LogP contribution in [0.1, 0.15) is 0 Å². The summed E-state index contributed by atoms with van der Waals surface area (Å²) in [5.41, 5.74) is 5.70. The zero-order chi connectivity index (χ0) is 12.2. The molecule has 0 heterocycles. The second-order valence-electron chi connectivity index (χ2n) is 3.05. The van der Waals surface area contributed by atoms with Crippen molar-refractivity contribution in [1.82, 2.24) is 4.72 Å². The van der Waals surface area contributed by atoms with Crippen molar-refractivity contribution in [1.29, 1.82) is 0 Å². The van der Waals surface area contributed by atoms with Crippen LogP contribution >= 0.6 is 11.6 Å². The molecule has 16 heavy (non-hydrogen) atoms. The SMILES string of the molecule is COCCNS(=O)(=O)c1c(N)cccc1Cl. The number of nitrogen functional groups attached to an aromatic ring is 1. The first-order valence-electron chi connectivity index (χ1n) is 4.51. The van der Waals surface area contributed by atoms with Crippen molar-refractivity contribution in [2.45, 2.75) is 4.90 Å². The predicted molar refractivity (Wildman–Crippen MR) is 62.9 cm³/mol. The van der Waals surface area contributed by atoms with Gasteiger partial charge in [0.25, 0.3) is 0 Å². The summed E-state index contributed by atoms with van der Waals surface area (Å²) in [4.78, 5) is -0.0900. The van der Waals surface area contributed by atoms with E-state index in [0.717, 1.165) is 0 Å². The molecule has 0 atom stereocenters. The van der Waals surface area contributed by atoms with Crippen LogP contribution in [0.5, 0.6) is 0 Å². The largest absolute Gasteiger partial charge is 0.398 e. The molecule has 0 spiro atoms. The van der Waals surface area contributed by atoms with Crippen LogP contribution in [0.2, 0.25) is 5.02 Å². The molecule has 0 amide bonds. The molecule has 0 unspecified atom stereocenters. The number of halogens is 1. The maximum absolute atomic E-state index is 11.8. The van der Waals surface area contributed by atoms with Gasteiger partial charge >= 0.3 is 0 Å². The Hall–Kier alpha value is -0.820. The summed E-state index contributed by atoms with van der Waals surface area (Å²) < 4.78 is 30.7. The fourth-order valence-corrected chi connectivity index (χ4v) is 2.85. The highest BCUT2D eigenvalue weighted by molar-refractivity contribution is 7.89. The molecule has 7 heteroatoms. The van der Waals surface area contributed by atoms with Crippen LogP contribution in [0.3, 0.4) is 0 Å². The van der Waals surface area contributed by atoms with E-state index in [9.17, 15) is 8.42 Å². The highest BCUT2D eigenvalue weighted by atomic mass is 35.5. The van der Waals surface area contributed by atoms with Crippen LogP contribution in [-0.2, 0) is 14.8 Å². The van der Waals surface area contributed by atoms with E-state index in [1.807, 2.05) is 0 Å². The number of rotatable bonds is 5. The summed E-state index contributed by atoms with van der Waals surface area (Å²) in [6, 6.07) is 4.55. The average Bonchev–Trinajstić information content (AvgIpc) is 2.17. The number of hydrogen-bond acceptors (Lipinski definition) is 4. The number of anilines is 1. The zero-order valence-electron chi connectivity index (χ0n) is 8.73. The topological polar surface area (TPSA) is 81.4 Å². The van der Waals surface area contributed by atoms with Crippen molar-refractivity contribution >= 4 is 27.3 Å². The Morgan fingerprint density at radius 2 is 2.19 bits per heavy atom. The molecule has 0 aliphatic heterocycles. The number of nitrogens with one attached hydrogen (secondary N) is 1. The Kier molecular flexibility index (Phi) is 4.55. The van der Waals surface area contributed by atoms with Gasteiger partial charge in [-0.3, -0.25) is 0 Å². The number of benzene rings is 1. The minimum Gasteiger partial charge on any atom is -0.398 e. The quantitative estimate of drug-likeness (QED) is 0.610. The van der Waals surface area contributed by atoms with Gasteiger partial charge in [0.2, 0.25) is 10.0 Å². The third-order valence-electron chi connectivity index (χ3n) is 1.86. The van der Waals surface area contributed by atoms with Crippen LogP contribution in [0.25, 0.3) is 0 Å². The van der Waals surface area contributed by atoms with Crippen molar-refractivity contribution in [3.05, 3.63) is 23.2 Å². The molecule has 0 aliphatic carbocycles. The number of sulfonamides is 1. The molecule has 0 fully saturated rings. The Labute approximate surface area is 99.6 Å². The molecule has 0 saturated carbocycles. The van der Waals surface area contributed by atoms with E-state index in [1.165, 1.54) is 19.2 Å². The first-order chi connectivity index (χ1) is 7.49. The molecule has 0 bridgehead atoms. The van der Waals surface area contributed by atoms with Gasteiger partial charge < -0.3 is 10.5 Å². The summed E-state index contributed by atoms with van der Waals surface area (Å²) >= 11 is 5.80. The van der Waals surface area contributed by atoms with Gasteiger partial charge in [-0.05, 0) is 12.1 Å². The van der Waals surface area contributed by atoms with Gasteiger partial charge in [-0.2, -0.15) is 0 Å². The van der Waals surface area contributed by atoms with E-state index < -0.39 is 10.0 Å². The molecule has 0 aliphatic rings. The van der Waals surface area contributed by atoms with Gasteiger partial charge in [0.05, 0.1) is 17.3 Å². The van der Waals surface area contributed by atoms with Gasteiger partial charge in [-0.15, -0.1) is 0 Å². The average molecular weight is 265 g/mol. The van der Waals surface area contributed by atoms with E-state index in [2.05, 4.69) is 4.72 Å². The van der Waals surface area contributed by atoms with E-state index in [1.54, 1.807) is 6.07 Å². The molecule has 1 rings (SSSR count). The van der Waals surface area contributed by atoms with Crippen molar-refractivity contribution in [3.8, 4) is 0 Å². The molecular formula is C9H13ClN2O3S. The smallest absolute Gasteiger partial charge is 0.244 e. The summed E-state index contributed by atoms with van der Waals surface area (Å²) in [5, 5.41) is 0.102. The summed E-state index contributed by atoms with van der Waals surface area (Å²) in [6.45, 7) is 0.451. The van der Waals surface area contributed by atoms with E-state index in [4.69, 9.17) is 22.1 Å². The summed E-state index contributed by atoms with van der Waals surface area (Å²) in [5.74, 6) is 0. The fourth-order valence-electron chi connectivity index (χ4n) is 1.16. The Morgan fingerprint density at radius 3 is 2.75 bits per heavy atom. The molecule has 1 aromatic carbocycles. The second-order valence-corrected chi connectivity index (χ2v) is 5.16. The summed E-state index contributed by atoms with van der Waals surface area (Å²) in [6.07, 6.45) is 0.